The Hall–Kier alpha value is -0.100. The minimum atomic E-state index is -7.35. The zero-order chi connectivity index (χ0) is 11.2. The third-order valence-corrected chi connectivity index (χ3v) is 5.21. The molecule has 0 aliphatic carbocycles. The average Bonchev–Trinajstić information content (AvgIpc) is 1.83. The first kappa shape index (κ1) is 12.9. The van der Waals surface area contributed by atoms with Crippen molar-refractivity contribution in [1.82, 2.24) is 5.09 Å². The van der Waals surface area contributed by atoms with Gasteiger partial charge in [-0.2, -0.15) is 0 Å². The van der Waals surface area contributed by atoms with Gasteiger partial charge in [0.05, 0.1) is 0 Å². The average molecular weight is 233 g/mol. The van der Waals surface area contributed by atoms with Gasteiger partial charge in [0.25, 0.3) is 0 Å². The molecular formula is C4H7F7NP. The SMILES string of the molecule is CNP(C)(F)(C(F)(F)F)C(F)(F)F. The molecule has 0 heterocycles. The Kier molecular flexibility index (Phi) is 2.68. The molecule has 0 aromatic carbocycles. The van der Waals surface area contributed by atoms with E-state index >= 15 is 0 Å². The van der Waals surface area contributed by atoms with Crippen molar-refractivity contribution in [3.63, 3.8) is 0 Å². The van der Waals surface area contributed by atoms with E-state index in [1.165, 1.54) is 0 Å². The first-order valence-electron chi connectivity index (χ1n) is 2.92. The second kappa shape index (κ2) is 2.70. The quantitative estimate of drug-likeness (QED) is 0.541. The van der Waals surface area contributed by atoms with Gasteiger partial charge in [0, 0.05) is 0 Å². The monoisotopic (exact) mass is 233 g/mol. The molecule has 0 saturated carbocycles. The maximum atomic E-state index is 13.0. The molecule has 0 unspecified atom stereocenters. The summed E-state index contributed by atoms with van der Waals surface area (Å²) in [5.74, 6) is -11.9. The van der Waals surface area contributed by atoms with Crippen LogP contribution in [0.5, 0.6) is 0 Å². The van der Waals surface area contributed by atoms with E-state index in [0.717, 1.165) is 5.09 Å². The van der Waals surface area contributed by atoms with E-state index in [2.05, 4.69) is 0 Å². The normalized spacial score (nSPS) is 18.1. The van der Waals surface area contributed by atoms with Gasteiger partial charge in [0.15, 0.2) is 0 Å². The van der Waals surface area contributed by atoms with Gasteiger partial charge >= 0.3 is 68.2 Å². The van der Waals surface area contributed by atoms with Gasteiger partial charge in [0.2, 0.25) is 0 Å². The molecule has 0 atom stereocenters. The fourth-order valence-electron chi connectivity index (χ4n) is 0.397. The Bertz CT molecular complexity index is 186. The van der Waals surface area contributed by atoms with Crippen molar-refractivity contribution >= 4 is 7.06 Å². The number of hydrogen-bond donors (Lipinski definition) is 1. The summed E-state index contributed by atoms with van der Waals surface area (Å²) in [5.41, 5.74) is 0. The van der Waals surface area contributed by atoms with Gasteiger partial charge in [-0.1, -0.05) is 0 Å². The van der Waals surface area contributed by atoms with Crippen molar-refractivity contribution in [2.75, 3.05) is 13.7 Å². The maximum absolute atomic E-state index is 13.0. The molecule has 0 rings (SSSR count). The zero-order valence-electron chi connectivity index (χ0n) is 6.59. The van der Waals surface area contributed by atoms with E-state index in [-0.39, 0.29) is 0 Å². The predicted octanol–water partition coefficient (Wildman–Crippen LogP) is 3.23. The number of nitrogens with one attached hydrogen (secondary N) is 1. The van der Waals surface area contributed by atoms with Crippen LogP contribution in [0.2, 0.25) is 0 Å². The Morgan fingerprint density at radius 2 is 1.15 bits per heavy atom. The van der Waals surface area contributed by atoms with Crippen LogP contribution < -0.4 is 5.09 Å². The molecule has 0 aromatic rings. The fourth-order valence-corrected chi connectivity index (χ4v) is 1.19. The van der Waals surface area contributed by atoms with Crippen LogP contribution in [0.15, 0.2) is 0 Å². The van der Waals surface area contributed by atoms with E-state index in [9.17, 15) is 30.5 Å². The molecule has 0 fully saturated rings. The van der Waals surface area contributed by atoms with Crippen LogP contribution in [0, 0.1) is 0 Å². The molecule has 0 aliphatic heterocycles. The van der Waals surface area contributed by atoms with Crippen LogP contribution in [0.1, 0.15) is 0 Å². The topological polar surface area (TPSA) is 12.0 Å². The van der Waals surface area contributed by atoms with Crippen molar-refractivity contribution in [3.05, 3.63) is 0 Å². The first-order valence-corrected chi connectivity index (χ1v) is 5.50. The van der Waals surface area contributed by atoms with Gasteiger partial charge in [0.1, 0.15) is 0 Å². The molecule has 0 aliphatic rings. The summed E-state index contributed by atoms with van der Waals surface area (Å²) in [6, 6.07) is 0. The van der Waals surface area contributed by atoms with E-state index in [1.807, 2.05) is 0 Å². The molecule has 1 N–H and O–H groups in total. The Morgan fingerprint density at radius 1 is 0.923 bits per heavy atom. The summed E-state index contributed by atoms with van der Waals surface area (Å²) >= 11 is 0. The van der Waals surface area contributed by atoms with Gasteiger partial charge in [-0.05, 0) is 0 Å². The van der Waals surface area contributed by atoms with Gasteiger partial charge in [-0.3, -0.25) is 0 Å². The molecular weight excluding hydrogens is 226 g/mol. The number of halogens is 7. The molecule has 13 heavy (non-hydrogen) atoms. The van der Waals surface area contributed by atoms with Crippen LogP contribution >= 0.6 is 7.06 Å². The summed E-state index contributed by atoms with van der Waals surface area (Å²) < 4.78 is 84.3. The summed E-state index contributed by atoms with van der Waals surface area (Å²) in [7, 11) is -7.05. The Labute approximate surface area is 69.4 Å². The van der Waals surface area contributed by atoms with Crippen LogP contribution in [0.3, 0.4) is 0 Å². The molecule has 1 nitrogen and oxygen atoms in total. The van der Waals surface area contributed by atoms with E-state index in [0.29, 0.717) is 7.05 Å². The fraction of sp³-hybridized carbons (Fsp3) is 1.00. The predicted molar refractivity (Wildman–Crippen MR) is 35.1 cm³/mol. The number of rotatable bonds is 1. The Balaban J connectivity index is 5.50. The van der Waals surface area contributed by atoms with Crippen LogP contribution in [-0.2, 0) is 0 Å². The molecule has 0 spiro atoms. The third-order valence-electron chi connectivity index (χ3n) is 1.74. The summed E-state index contributed by atoms with van der Waals surface area (Å²) in [4.78, 5) is 0. The van der Waals surface area contributed by atoms with Crippen LogP contribution in [-0.4, -0.2) is 25.5 Å². The standard InChI is InChI=1S/C4H7F7NP/c1-12-13(2,11,3(5,6)7)4(8,9)10/h12H,1-2H3. The molecule has 0 saturated heterocycles. The van der Waals surface area contributed by atoms with E-state index < -0.39 is 25.6 Å². The van der Waals surface area contributed by atoms with Gasteiger partial charge < -0.3 is 0 Å². The van der Waals surface area contributed by atoms with Crippen LogP contribution in [0.4, 0.5) is 30.5 Å². The molecule has 82 valence electrons. The van der Waals surface area contributed by atoms with Crippen LogP contribution in [0.25, 0.3) is 0 Å². The molecule has 0 amide bonds. The van der Waals surface area contributed by atoms with Gasteiger partial charge in [-0.25, -0.2) is 0 Å². The number of hydrogen-bond acceptors (Lipinski definition) is 1. The molecule has 0 radical (unpaired) electrons. The van der Waals surface area contributed by atoms with Gasteiger partial charge in [-0.15, -0.1) is 0 Å². The molecule has 0 bridgehead atoms. The molecule has 0 aromatic heterocycles. The van der Waals surface area contributed by atoms with E-state index in [4.69, 9.17) is 0 Å². The summed E-state index contributed by atoms with van der Waals surface area (Å²) in [6.07, 6.45) is 0. The first-order chi connectivity index (χ1) is 5.36. The van der Waals surface area contributed by atoms with Crippen molar-refractivity contribution in [3.8, 4) is 0 Å². The third kappa shape index (κ3) is 1.50. The van der Waals surface area contributed by atoms with E-state index in [1.54, 1.807) is 0 Å². The summed E-state index contributed by atoms with van der Waals surface area (Å²) in [6.45, 7) is -0.467. The minimum absolute atomic E-state index is 0.304. The summed E-state index contributed by atoms with van der Waals surface area (Å²) in [5, 5.41) is 0.749. The Morgan fingerprint density at radius 3 is 1.15 bits per heavy atom. The van der Waals surface area contributed by atoms with Crippen molar-refractivity contribution in [1.29, 1.82) is 0 Å². The van der Waals surface area contributed by atoms with Crippen molar-refractivity contribution < 1.29 is 30.5 Å². The second-order valence-corrected chi connectivity index (χ2v) is 6.91. The second-order valence-electron chi connectivity index (χ2n) is 2.59. The van der Waals surface area contributed by atoms with Crippen molar-refractivity contribution in [2.24, 2.45) is 0 Å². The molecule has 9 heteroatoms. The number of alkyl halides is 6. The van der Waals surface area contributed by atoms with Crippen molar-refractivity contribution in [2.45, 2.75) is 11.8 Å². The zero-order valence-corrected chi connectivity index (χ0v) is 7.49.